The summed E-state index contributed by atoms with van der Waals surface area (Å²) in [5.74, 6) is 0. The van der Waals surface area contributed by atoms with E-state index in [1.165, 1.54) is 0 Å². The van der Waals surface area contributed by atoms with E-state index in [9.17, 15) is 32.5 Å². The van der Waals surface area contributed by atoms with Crippen LogP contribution in [0.15, 0.2) is 17.0 Å². The Balaban J connectivity index is 3.71. The molecule has 8 nitrogen and oxygen atoms in total. The molecule has 1 aromatic carbocycles. The van der Waals surface area contributed by atoms with Gasteiger partial charge in [0.05, 0.1) is 9.85 Å². The third kappa shape index (κ3) is 2.53. The second-order valence-electron chi connectivity index (χ2n) is 3.04. The number of halogens is 1. The number of nitro groups is 2. The van der Waals surface area contributed by atoms with Crippen molar-refractivity contribution in [1.82, 2.24) is 0 Å². The quantitative estimate of drug-likeness (QED) is 0.463. The van der Waals surface area contributed by atoms with Crippen LogP contribution in [0.3, 0.4) is 0 Å². The van der Waals surface area contributed by atoms with Gasteiger partial charge in [-0.15, -0.1) is 3.89 Å². The fourth-order valence-electron chi connectivity index (χ4n) is 1.18. The molecule has 0 radical (unpaired) electrons. The van der Waals surface area contributed by atoms with Gasteiger partial charge in [0, 0.05) is 12.1 Å². The summed E-state index contributed by atoms with van der Waals surface area (Å²) in [5, 5.41) is 21.1. The van der Waals surface area contributed by atoms with Crippen molar-refractivity contribution in [2.75, 3.05) is 0 Å². The number of hydrogen-bond acceptors (Lipinski definition) is 6. The molecular weight excluding hydrogens is 259 g/mol. The molecule has 1 aromatic rings. The van der Waals surface area contributed by atoms with Gasteiger partial charge in [0.2, 0.25) is 0 Å². The first-order valence-electron chi connectivity index (χ1n) is 4.02. The summed E-state index contributed by atoms with van der Waals surface area (Å²) in [6, 6.07) is 0.884. The lowest BCUT2D eigenvalue weighted by Crippen LogP contribution is -2.01. The maximum atomic E-state index is 12.7. The van der Waals surface area contributed by atoms with E-state index in [0.29, 0.717) is 12.1 Å². The molecule has 0 atom stereocenters. The first-order chi connectivity index (χ1) is 7.64. The van der Waals surface area contributed by atoms with Crippen LogP contribution in [0.5, 0.6) is 0 Å². The van der Waals surface area contributed by atoms with Crippen molar-refractivity contribution in [2.24, 2.45) is 0 Å². The Kier molecular flexibility index (Phi) is 3.09. The van der Waals surface area contributed by atoms with E-state index >= 15 is 0 Å². The van der Waals surface area contributed by atoms with Gasteiger partial charge in [-0.3, -0.25) is 20.2 Å². The molecule has 10 heteroatoms. The molecule has 0 unspecified atom stereocenters. The van der Waals surface area contributed by atoms with Crippen LogP contribution in [0.2, 0.25) is 0 Å². The number of rotatable bonds is 3. The normalized spacial score (nSPS) is 11.2. The summed E-state index contributed by atoms with van der Waals surface area (Å²) in [6.07, 6.45) is 0. The molecule has 0 amide bonds. The summed E-state index contributed by atoms with van der Waals surface area (Å²) in [4.78, 5) is 17.9. The minimum atomic E-state index is -5.24. The Morgan fingerprint density at radius 3 is 1.71 bits per heavy atom. The van der Waals surface area contributed by atoms with Crippen molar-refractivity contribution in [2.45, 2.75) is 11.8 Å². The average Bonchev–Trinajstić information content (AvgIpc) is 2.14. The number of benzene rings is 1. The monoisotopic (exact) mass is 264 g/mol. The maximum Gasteiger partial charge on any atom is 0.332 e. The van der Waals surface area contributed by atoms with Gasteiger partial charge in [-0.2, -0.15) is 8.42 Å². The van der Waals surface area contributed by atoms with Crippen molar-refractivity contribution in [3.8, 4) is 0 Å². The van der Waals surface area contributed by atoms with E-state index in [1.54, 1.807) is 0 Å². The maximum absolute atomic E-state index is 12.7. The molecule has 0 bridgehead atoms. The molecule has 0 N–H and O–H groups in total. The van der Waals surface area contributed by atoms with E-state index in [0.717, 1.165) is 6.92 Å². The molecule has 92 valence electrons. The lowest BCUT2D eigenvalue weighted by molar-refractivity contribution is -0.395. The van der Waals surface area contributed by atoms with Crippen molar-refractivity contribution >= 4 is 21.6 Å². The first-order valence-corrected chi connectivity index (χ1v) is 5.41. The predicted octanol–water partition coefficient (Wildman–Crippen LogP) is 1.47. The van der Waals surface area contributed by atoms with Crippen LogP contribution in [0.4, 0.5) is 15.3 Å². The van der Waals surface area contributed by atoms with Crippen molar-refractivity contribution in [3.05, 3.63) is 37.9 Å². The van der Waals surface area contributed by atoms with Crippen LogP contribution in [-0.2, 0) is 10.2 Å². The molecular formula is C7H5FN2O6S. The third-order valence-electron chi connectivity index (χ3n) is 2.00. The van der Waals surface area contributed by atoms with Crippen molar-refractivity contribution in [3.63, 3.8) is 0 Å². The lowest BCUT2D eigenvalue weighted by atomic mass is 10.1. The molecule has 0 saturated heterocycles. The Hall–Kier alpha value is -2.10. The number of hydrogen-bond donors (Lipinski definition) is 0. The van der Waals surface area contributed by atoms with Crippen LogP contribution in [0, 0.1) is 27.2 Å². The van der Waals surface area contributed by atoms with Gasteiger partial charge in [0.1, 0.15) is 10.5 Å². The van der Waals surface area contributed by atoms with Gasteiger partial charge in [0.15, 0.2) is 0 Å². The highest BCUT2D eigenvalue weighted by atomic mass is 32.3. The van der Waals surface area contributed by atoms with Gasteiger partial charge in [-0.25, -0.2) is 0 Å². The molecule has 0 aliphatic rings. The van der Waals surface area contributed by atoms with Gasteiger partial charge in [-0.05, 0) is 6.92 Å². The molecule has 0 spiro atoms. The smallest absolute Gasteiger partial charge is 0.258 e. The van der Waals surface area contributed by atoms with Crippen molar-refractivity contribution in [1.29, 1.82) is 0 Å². The Morgan fingerprint density at radius 1 is 1.12 bits per heavy atom. The topological polar surface area (TPSA) is 120 Å². The highest BCUT2D eigenvalue weighted by molar-refractivity contribution is 7.86. The third-order valence-corrected chi connectivity index (χ3v) is 2.80. The van der Waals surface area contributed by atoms with Crippen LogP contribution >= 0.6 is 0 Å². The molecule has 1 rings (SSSR count). The zero-order valence-corrected chi connectivity index (χ0v) is 9.10. The van der Waals surface area contributed by atoms with Gasteiger partial charge >= 0.3 is 10.2 Å². The molecule has 0 aliphatic carbocycles. The Labute approximate surface area is 94.2 Å². The van der Waals surface area contributed by atoms with E-state index in [4.69, 9.17) is 0 Å². The van der Waals surface area contributed by atoms with Gasteiger partial charge in [0.25, 0.3) is 11.4 Å². The second-order valence-corrected chi connectivity index (χ2v) is 4.39. The average molecular weight is 264 g/mol. The molecule has 0 fully saturated rings. The highest BCUT2D eigenvalue weighted by Gasteiger charge is 2.27. The number of nitro benzene ring substituents is 2. The number of nitrogens with zero attached hydrogens (tertiary/aromatic N) is 2. The summed E-state index contributed by atoms with van der Waals surface area (Å²) in [5.41, 5.74) is -1.99. The Morgan fingerprint density at radius 2 is 1.47 bits per heavy atom. The predicted molar refractivity (Wildman–Crippen MR) is 52.8 cm³/mol. The van der Waals surface area contributed by atoms with Crippen LogP contribution < -0.4 is 0 Å². The lowest BCUT2D eigenvalue weighted by Gasteiger charge is -2.01. The molecule has 0 saturated carbocycles. The van der Waals surface area contributed by atoms with Gasteiger partial charge in [-0.1, -0.05) is 0 Å². The summed E-state index contributed by atoms with van der Waals surface area (Å²) in [6.45, 7) is 1.07. The summed E-state index contributed by atoms with van der Waals surface area (Å²) < 4.78 is 33.8. The van der Waals surface area contributed by atoms with E-state index < -0.39 is 36.3 Å². The fraction of sp³-hybridized carbons (Fsp3) is 0.143. The summed E-state index contributed by atoms with van der Waals surface area (Å²) in [7, 11) is -5.24. The largest absolute Gasteiger partial charge is 0.332 e. The van der Waals surface area contributed by atoms with E-state index in [1.807, 2.05) is 0 Å². The highest BCUT2D eigenvalue weighted by Crippen LogP contribution is 2.31. The van der Waals surface area contributed by atoms with Crippen LogP contribution in [-0.4, -0.2) is 18.3 Å². The van der Waals surface area contributed by atoms with E-state index in [2.05, 4.69) is 0 Å². The minimum Gasteiger partial charge on any atom is -0.258 e. The fourth-order valence-corrected chi connectivity index (χ4v) is 1.68. The SMILES string of the molecule is Cc1c([N+](=O)[O-])cc(S(=O)(=O)F)cc1[N+](=O)[O-]. The molecule has 0 aliphatic heterocycles. The summed E-state index contributed by atoms with van der Waals surface area (Å²) >= 11 is 0. The van der Waals surface area contributed by atoms with Crippen LogP contribution in [0.25, 0.3) is 0 Å². The van der Waals surface area contributed by atoms with Crippen molar-refractivity contribution < 1.29 is 22.2 Å². The Bertz CT molecular complexity index is 576. The zero-order valence-electron chi connectivity index (χ0n) is 8.28. The standard InChI is InChI=1S/C7H5FN2O6S/c1-4-6(9(11)12)2-5(17(8,15)16)3-7(4)10(13)14/h2-3H,1H3. The first kappa shape index (κ1) is 13.0. The van der Waals surface area contributed by atoms with Gasteiger partial charge < -0.3 is 0 Å². The minimum absolute atomic E-state index is 0.340. The molecule has 17 heavy (non-hydrogen) atoms. The van der Waals surface area contributed by atoms with E-state index in [-0.39, 0.29) is 5.56 Å². The molecule has 0 aromatic heterocycles. The second kappa shape index (κ2) is 4.05. The molecule has 0 heterocycles. The van der Waals surface area contributed by atoms with Crippen LogP contribution in [0.1, 0.15) is 5.56 Å². The zero-order chi connectivity index (χ0) is 13.4.